The topological polar surface area (TPSA) is 46.2 Å². The molecule has 0 bridgehead atoms. The zero-order valence-corrected chi connectivity index (χ0v) is 20.4. The number of benzene rings is 3. The van der Waals surface area contributed by atoms with Crippen LogP contribution in [0.15, 0.2) is 54.6 Å². The first-order chi connectivity index (χ1) is 15.1. The second-order valence-corrected chi connectivity index (χ2v) is 10.4. The van der Waals surface area contributed by atoms with E-state index >= 15 is 0 Å². The van der Waals surface area contributed by atoms with Gasteiger partial charge in [-0.05, 0) is 81.2 Å². The second-order valence-electron chi connectivity index (χ2n) is 10.4. The molecule has 2 nitrogen and oxygen atoms in total. The number of nitrogens with two attached hydrogens (primary N) is 1. The van der Waals surface area contributed by atoms with Crippen molar-refractivity contribution in [1.29, 1.82) is 0 Å². The zero-order chi connectivity index (χ0) is 23.3. The number of nitrogen functional groups attached to an aromatic ring is 1. The lowest BCUT2D eigenvalue weighted by Crippen LogP contribution is -2.19. The molecular formula is C30H37NO. The lowest BCUT2D eigenvalue weighted by atomic mass is 9.76. The molecule has 168 valence electrons. The van der Waals surface area contributed by atoms with Crippen molar-refractivity contribution >= 4 is 5.69 Å². The van der Waals surface area contributed by atoms with Gasteiger partial charge in [-0.1, -0.05) is 84.0 Å². The Morgan fingerprint density at radius 1 is 0.750 bits per heavy atom. The molecule has 0 heterocycles. The summed E-state index contributed by atoms with van der Waals surface area (Å²) in [6, 6.07) is 19.8. The third-order valence-corrected chi connectivity index (χ3v) is 8.32. The van der Waals surface area contributed by atoms with Crippen LogP contribution in [0.3, 0.4) is 0 Å². The molecule has 4 rings (SSSR count). The van der Waals surface area contributed by atoms with E-state index in [9.17, 15) is 5.11 Å². The second kappa shape index (κ2) is 7.99. The molecule has 0 radical (unpaired) electrons. The van der Waals surface area contributed by atoms with E-state index in [2.05, 4.69) is 77.9 Å². The van der Waals surface area contributed by atoms with Crippen LogP contribution in [-0.2, 0) is 10.8 Å². The number of rotatable bonds is 6. The fourth-order valence-electron chi connectivity index (χ4n) is 5.03. The van der Waals surface area contributed by atoms with Crippen molar-refractivity contribution in [3.05, 3.63) is 82.4 Å². The van der Waals surface area contributed by atoms with Crippen molar-refractivity contribution in [3.8, 4) is 16.9 Å². The molecule has 3 aromatic rings. The number of phenols is 1. The minimum atomic E-state index is 0.119. The van der Waals surface area contributed by atoms with Crippen LogP contribution in [0.1, 0.15) is 94.5 Å². The Hall–Kier alpha value is -2.74. The fraction of sp³-hybridized carbons (Fsp3) is 0.400. The van der Waals surface area contributed by atoms with Gasteiger partial charge in [0.15, 0.2) is 0 Å². The SMILES string of the molecule is CCC(C)(C)c1ccc2c(c1)C(c1ccc(O)c(N)c1)c1cc(C(C)(CC)CC)ccc1-2. The fourth-order valence-corrected chi connectivity index (χ4v) is 5.03. The lowest BCUT2D eigenvalue weighted by molar-refractivity contribution is 0.438. The number of hydrogen-bond donors (Lipinski definition) is 2. The minimum Gasteiger partial charge on any atom is -0.506 e. The highest BCUT2D eigenvalue weighted by atomic mass is 16.3. The number of aromatic hydroxyl groups is 1. The number of fused-ring (bicyclic) bond motifs is 3. The van der Waals surface area contributed by atoms with Crippen molar-refractivity contribution in [2.75, 3.05) is 5.73 Å². The van der Waals surface area contributed by atoms with Gasteiger partial charge in [-0.25, -0.2) is 0 Å². The molecule has 3 aromatic carbocycles. The quantitative estimate of drug-likeness (QED) is 0.243. The van der Waals surface area contributed by atoms with Crippen molar-refractivity contribution < 1.29 is 5.11 Å². The summed E-state index contributed by atoms with van der Waals surface area (Å²) in [7, 11) is 0. The van der Waals surface area contributed by atoms with E-state index < -0.39 is 0 Å². The zero-order valence-electron chi connectivity index (χ0n) is 20.4. The number of anilines is 1. The summed E-state index contributed by atoms with van der Waals surface area (Å²) in [4.78, 5) is 0. The Morgan fingerprint density at radius 2 is 1.31 bits per heavy atom. The molecule has 0 spiro atoms. The predicted molar refractivity (Wildman–Crippen MR) is 137 cm³/mol. The molecular weight excluding hydrogens is 390 g/mol. The first-order valence-electron chi connectivity index (χ1n) is 12.0. The standard InChI is InChI=1S/C30H37NO/c1-7-29(4,5)20-11-13-22-23-14-12-21(30(6,8-2)9-3)18-25(23)28(24(22)17-20)19-10-15-27(32)26(31)16-19/h10-18,28,32H,7-9,31H2,1-6H3. The molecule has 1 aliphatic carbocycles. The van der Waals surface area contributed by atoms with E-state index in [0.29, 0.717) is 5.69 Å². The first kappa shape index (κ1) is 22.5. The molecule has 3 N–H and O–H groups in total. The first-order valence-corrected chi connectivity index (χ1v) is 12.0. The Kier molecular flexibility index (Phi) is 5.61. The Balaban J connectivity index is 1.96. The smallest absolute Gasteiger partial charge is 0.138 e. The molecule has 0 fully saturated rings. The van der Waals surface area contributed by atoms with Gasteiger partial charge in [-0.3, -0.25) is 0 Å². The van der Waals surface area contributed by atoms with Crippen LogP contribution < -0.4 is 5.73 Å². The maximum atomic E-state index is 10.0. The molecule has 0 aromatic heterocycles. The summed E-state index contributed by atoms with van der Waals surface area (Å²) in [5.74, 6) is 0.264. The van der Waals surface area contributed by atoms with Gasteiger partial charge >= 0.3 is 0 Å². The van der Waals surface area contributed by atoms with Crippen molar-refractivity contribution in [1.82, 2.24) is 0 Å². The van der Waals surface area contributed by atoms with Crippen molar-refractivity contribution in [2.45, 2.75) is 77.6 Å². The third-order valence-electron chi connectivity index (χ3n) is 8.32. The Labute approximate surface area is 193 Å². The summed E-state index contributed by atoms with van der Waals surface area (Å²) in [5, 5.41) is 10.0. The van der Waals surface area contributed by atoms with Crippen LogP contribution in [0.25, 0.3) is 11.1 Å². The van der Waals surface area contributed by atoms with Gasteiger partial charge in [0.2, 0.25) is 0 Å². The monoisotopic (exact) mass is 427 g/mol. The van der Waals surface area contributed by atoms with Crippen LogP contribution in [0.2, 0.25) is 0 Å². The highest BCUT2D eigenvalue weighted by Gasteiger charge is 2.34. The predicted octanol–water partition coefficient (Wildman–Crippen LogP) is 7.90. The van der Waals surface area contributed by atoms with E-state index in [-0.39, 0.29) is 22.5 Å². The molecule has 32 heavy (non-hydrogen) atoms. The Bertz CT molecular complexity index is 1150. The lowest BCUT2D eigenvalue weighted by Gasteiger charge is -2.28. The average Bonchev–Trinajstić information content (AvgIpc) is 3.13. The molecule has 0 saturated carbocycles. The normalized spacial score (nSPS) is 15.5. The highest BCUT2D eigenvalue weighted by molar-refractivity contribution is 5.82. The van der Waals surface area contributed by atoms with Gasteiger partial charge < -0.3 is 10.8 Å². The van der Waals surface area contributed by atoms with E-state index in [1.54, 1.807) is 6.07 Å². The molecule has 1 unspecified atom stereocenters. The van der Waals surface area contributed by atoms with Gasteiger partial charge in [0.25, 0.3) is 0 Å². The number of phenolic OH excluding ortho intramolecular Hbond substituents is 1. The molecule has 0 saturated heterocycles. The molecule has 1 aliphatic rings. The van der Waals surface area contributed by atoms with E-state index in [0.717, 1.165) is 24.8 Å². The summed E-state index contributed by atoms with van der Waals surface area (Å²) < 4.78 is 0. The number of hydrogen-bond acceptors (Lipinski definition) is 2. The van der Waals surface area contributed by atoms with Gasteiger partial charge in [-0.2, -0.15) is 0 Å². The average molecular weight is 428 g/mol. The van der Waals surface area contributed by atoms with E-state index in [1.807, 2.05) is 12.1 Å². The largest absolute Gasteiger partial charge is 0.506 e. The summed E-state index contributed by atoms with van der Waals surface area (Å²) >= 11 is 0. The molecule has 1 atom stereocenters. The summed E-state index contributed by atoms with van der Waals surface area (Å²) in [6.45, 7) is 13.8. The van der Waals surface area contributed by atoms with Gasteiger partial charge in [0.1, 0.15) is 5.75 Å². The summed E-state index contributed by atoms with van der Waals surface area (Å²) in [5.41, 5.74) is 16.1. The maximum absolute atomic E-state index is 10.0. The molecule has 2 heteroatoms. The van der Waals surface area contributed by atoms with Gasteiger partial charge in [0, 0.05) is 5.92 Å². The van der Waals surface area contributed by atoms with Crippen molar-refractivity contribution in [3.63, 3.8) is 0 Å². The maximum Gasteiger partial charge on any atom is 0.138 e. The van der Waals surface area contributed by atoms with Gasteiger partial charge in [-0.15, -0.1) is 0 Å². The van der Waals surface area contributed by atoms with E-state index in [1.165, 1.54) is 33.4 Å². The molecule has 0 aliphatic heterocycles. The van der Waals surface area contributed by atoms with Gasteiger partial charge in [0.05, 0.1) is 5.69 Å². The van der Waals surface area contributed by atoms with Crippen LogP contribution in [0.4, 0.5) is 5.69 Å². The van der Waals surface area contributed by atoms with Crippen LogP contribution >= 0.6 is 0 Å². The van der Waals surface area contributed by atoms with Crippen LogP contribution in [-0.4, -0.2) is 5.11 Å². The van der Waals surface area contributed by atoms with Crippen LogP contribution in [0, 0.1) is 0 Å². The minimum absolute atomic E-state index is 0.119. The Morgan fingerprint density at radius 3 is 1.84 bits per heavy atom. The van der Waals surface area contributed by atoms with Crippen LogP contribution in [0.5, 0.6) is 5.75 Å². The summed E-state index contributed by atoms with van der Waals surface area (Å²) in [6.07, 6.45) is 3.31. The van der Waals surface area contributed by atoms with Crippen molar-refractivity contribution in [2.24, 2.45) is 0 Å². The third kappa shape index (κ3) is 3.50. The van der Waals surface area contributed by atoms with E-state index in [4.69, 9.17) is 5.73 Å². The highest BCUT2D eigenvalue weighted by Crippen LogP contribution is 2.51. The molecule has 0 amide bonds.